The van der Waals surface area contributed by atoms with Crippen LogP contribution in [-0.2, 0) is 10.3 Å². The third-order valence-electron chi connectivity index (χ3n) is 7.27. The fraction of sp³-hybridized carbons (Fsp3) is 0.310. The summed E-state index contributed by atoms with van der Waals surface area (Å²) in [4.78, 5) is 32.3. The molecule has 186 valence electrons. The summed E-state index contributed by atoms with van der Waals surface area (Å²) < 4.78 is 5.31. The Bertz CT molecular complexity index is 1170. The lowest BCUT2D eigenvalue weighted by Gasteiger charge is -2.40. The number of hydrogen-bond donors (Lipinski definition) is 1. The maximum Gasteiger partial charge on any atom is 0.326 e. The molecule has 3 amide bonds. The molecule has 1 N–H and O–H groups in total. The normalized spacial score (nSPS) is 21.1. The SMILES string of the molecule is COc1cccc(C2(C)NC(=O)N(CN3CCN(C(c4ccccc4)c4ccccc4)CC3)C2=O)c1. The van der Waals surface area contributed by atoms with E-state index in [9.17, 15) is 9.59 Å². The molecule has 3 aromatic carbocycles. The first kappa shape index (κ1) is 24.0. The predicted molar refractivity (Wildman–Crippen MR) is 138 cm³/mol. The van der Waals surface area contributed by atoms with Crippen LogP contribution in [0, 0.1) is 0 Å². The zero-order valence-corrected chi connectivity index (χ0v) is 20.8. The van der Waals surface area contributed by atoms with Gasteiger partial charge in [0.2, 0.25) is 0 Å². The van der Waals surface area contributed by atoms with E-state index in [4.69, 9.17) is 4.74 Å². The lowest BCUT2D eigenvalue weighted by atomic mass is 9.92. The molecule has 0 spiro atoms. The number of imide groups is 1. The molecule has 7 heteroatoms. The fourth-order valence-electron chi connectivity index (χ4n) is 5.20. The summed E-state index contributed by atoms with van der Waals surface area (Å²) in [6.45, 7) is 5.24. The Balaban J connectivity index is 1.27. The number of carbonyl (C=O) groups is 2. The first-order chi connectivity index (χ1) is 17.5. The average molecular weight is 485 g/mol. The van der Waals surface area contributed by atoms with Gasteiger partial charge in [0, 0.05) is 26.2 Å². The zero-order valence-electron chi connectivity index (χ0n) is 20.8. The van der Waals surface area contributed by atoms with Crippen molar-refractivity contribution in [1.82, 2.24) is 20.0 Å². The molecule has 5 rings (SSSR count). The summed E-state index contributed by atoms with van der Waals surface area (Å²) in [5, 5.41) is 2.90. The van der Waals surface area contributed by atoms with Gasteiger partial charge in [-0.05, 0) is 35.7 Å². The van der Waals surface area contributed by atoms with Crippen LogP contribution in [0.2, 0.25) is 0 Å². The molecular weight excluding hydrogens is 452 g/mol. The lowest BCUT2D eigenvalue weighted by molar-refractivity contribution is -0.132. The molecule has 1 unspecified atom stereocenters. The van der Waals surface area contributed by atoms with Crippen LogP contribution in [0.1, 0.15) is 29.7 Å². The molecule has 0 aliphatic carbocycles. The molecule has 1 atom stereocenters. The molecule has 2 heterocycles. The van der Waals surface area contributed by atoms with Crippen molar-refractivity contribution in [2.45, 2.75) is 18.5 Å². The Labute approximate surface area is 212 Å². The van der Waals surface area contributed by atoms with Crippen LogP contribution in [-0.4, -0.2) is 66.6 Å². The number of methoxy groups -OCH3 is 1. The van der Waals surface area contributed by atoms with E-state index in [-0.39, 0.29) is 24.6 Å². The van der Waals surface area contributed by atoms with Crippen molar-refractivity contribution >= 4 is 11.9 Å². The predicted octanol–water partition coefficient (Wildman–Crippen LogP) is 3.83. The standard InChI is InChI=1S/C29H32N4O3/c1-29(24-14-9-15-25(20-24)36-2)27(34)33(28(35)30-29)21-31-16-18-32(19-17-31)26(22-10-5-3-6-11-22)23-12-7-4-8-13-23/h3-15,20,26H,16-19,21H2,1-2H3,(H,30,35). The van der Waals surface area contributed by atoms with Crippen LogP contribution in [0.3, 0.4) is 0 Å². The fourth-order valence-corrected chi connectivity index (χ4v) is 5.20. The van der Waals surface area contributed by atoms with Crippen LogP contribution >= 0.6 is 0 Å². The summed E-state index contributed by atoms with van der Waals surface area (Å²) in [6, 6.07) is 28.2. The third-order valence-corrected chi connectivity index (χ3v) is 7.27. The van der Waals surface area contributed by atoms with Gasteiger partial charge in [0.1, 0.15) is 11.3 Å². The molecule has 7 nitrogen and oxygen atoms in total. The highest BCUT2D eigenvalue weighted by Gasteiger charge is 2.49. The van der Waals surface area contributed by atoms with E-state index in [1.165, 1.54) is 16.0 Å². The second-order valence-electron chi connectivity index (χ2n) is 9.54. The minimum atomic E-state index is -1.11. The van der Waals surface area contributed by atoms with Gasteiger partial charge in [-0.25, -0.2) is 9.69 Å². The van der Waals surface area contributed by atoms with Crippen LogP contribution in [0.15, 0.2) is 84.9 Å². The van der Waals surface area contributed by atoms with E-state index in [1.807, 2.05) is 30.3 Å². The number of rotatable bonds is 7. The van der Waals surface area contributed by atoms with E-state index < -0.39 is 5.54 Å². The molecule has 2 saturated heterocycles. The number of carbonyl (C=O) groups excluding carboxylic acids is 2. The van der Waals surface area contributed by atoms with Gasteiger partial charge in [0.25, 0.3) is 5.91 Å². The van der Waals surface area contributed by atoms with Gasteiger partial charge in [0.15, 0.2) is 0 Å². The highest BCUT2D eigenvalue weighted by molar-refractivity contribution is 6.07. The summed E-state index contributed by atoms with van der Waals surface area (Å²) in [5.41, 5.74) is 2.13. The lowest BCUT2D eigenvalue weighted by Crippen LogP contribution is -2.52. The zero-order chi connectivity index (χ0) is 25.1. The van der Waals surface area contributed by atoms with E-state index in [0.717, 1.165) is 26.2 Å². The van der Waals surface area contributed by atoms with Crippen molar-refractivity contribution in [2.24, 2.45) is 0 Å². The Morgan fingerprint density at radius 3 is 2.06 bits per heavy atom. The van der Waals surface area contributed by atoms with Crippen LogP contribution in [0.25, 0.3) is 0 Å². The van der Waals surface area contributed by atoms with E-state index >= 15 is 0 Å². The number of ether oxygens (including phenoxy) is 1. The maximum absolute atomic E-state index is 13.4. The number of amides is 3. The van der Waals surface area contributed by atoms with Crippen LogP contribution < -0.4 is 10.1 Å². The molecule has 0 saturated carbocycles. The van der Waals surface area contributed by atoms with E-state index in [2.05, 4.69) is 63.6 Å². The van der Waals surface area contributed by atoms with Crippen molar-refractivity contribution < 1.29 is 14.3 Å². The minimum absolute atomic E-state index is 0.169. The van der Waals surface area contributed by atoms with Gasteiger partial charge in [-0.1, -0.05) is 72.8 Å². The summed E-state index contributed by atoms with van der Waals surface area (Å²) in [7, 11) is 1.59. The van der Waals surface area contributed by atoms with Gasteiger partial charge in [-0.15, -0.1) is 0 Å². The molecule has 2 fully saturated rings. The maximum atomic E-state index is 13.4. The van der Waals surface area contributed by atoms with Crippen molar-refractivity contribution in [3.63, 3.8) is 0 Å². The van der Waals surface area contributed by atoms with E-state index in [1.54, 1.807) is 20.1 Å². The second kappa shape index (κ2) is 10.1. The molecule has 36 heavy (non-hydrogen) atoms. The Kier molecular flexibility index (Phi) is 6.76. The monoisotopic (exact) mass is 484 g/mol. The van der Waals surface area contributed by atoms with Gasteiger partial charge in [0.05, 0.1) is 19.8 Å². The summed E-state index contributed by atoms with van der Waals surface area (Å²) in [6.07, 6.45) is 0. The topological polar surface area (TPSA) is 65.1 Å². The first-order valence-corrected chi connectivity index (χ1v) is 12.3. The van der Waals surface area contributed by atoms with Crippen LogP contribution in [0.4, 0.5) is 4.79 Å². The largest absolute Gasteiger partial charge is 0.497 e. The first-order valence-electron chi connectivity index (χ1n) is 12.3. The number of piperazine rings is 1. The molecule has 3 aromatic rings. The highest BCUT2D eigenvalue weighted by atomic mass is 16.5. The van der Waals surface area contributed by atoms with Gasteiger partial charge < -0.3 is 10.1 Å². The van der Waals surface area contributed by atoms with Gasteiger partial charge >= 0.3 is 6.03 Å². The summed E-state index contributed by atoms with van der Waals surface area (Å²) >= 11 is 0. The molecule has 2 aliphatic rings. The smallest absolute Gasteiger partial charge is 0.326 e. The number of nitrogens with zero attached hydrogens (tertiary/aromatic N) is 3. The number of benzene rings is 3. The molecular formula is C29H32N4O3. The Morgan fingerprint density at radius 2 is 1.47 bits per heavy atom. The summed E-state index contributed by atoms with van der Waals surface area (Å²) in [5.74, 6) is 0.409. The quantitative estimate of drug-likeness (QED) is 0.517. The van der Waals surface area contributed by atoms with Crippen molar-refractivity contribution in [1.29, 1.82) is 0 Å². The molecule has 2 aliphatic heterocycles. The Morgan fingerprint density at radius 1 is 0.861 bits per heavy atom. The third kappa shape index (κ3) is 4.59. The van der Waals surface area contributed by atoms with Crippen molar-refractivity contribution in [3.05, 3.63) is 102 Å². The Hall–Kier alpha value is -3.68. The molecule has 0 aromatic heterocycles. The van der Waals surface area contributed by atoms with Crippen molar-refractivity contribution in [2.75, 3.05) is 40.0 Å². The number of nitrogens with one attached hydrogen (secondary N) is 1. The van der Waals surface area contributed by atoms with Gasteiger partial charge in [-0.2, -0.15) is 0 Å². The second-order valence-corrected chi connectivity index (χ2v) is 9.54. The highest BCUT2D eigenvalue weighted by Crippen LogP contribution is 2.32. The molecule has 0 radical (unpaired) electrons. The number of urea groups is 1. The number of hydrogen-bond acceptors (Lipinski definition) is 5. The van der Waals surface area contributed by atoms with E-state index in [0.29, 0.717) is 11.3 Å². The molecule has 0 bridgehead atoms. The van der Waals surface area contributed by atoms with Crippen molar-refractivity contribution in [3.8, 4) is 5.75 Å². The van der Waals surface area contributed by atoms with Crippen LogP contribution in [0.5, 0.6) is 5.75 Å². The minimum Gasteiger partial charge on any atom is -0.497 e. The van der Waals surface area contributed by atoms with Gasteiger partial charge in [-0.3, -0.25) is 14.6 Å². The average Bonchev–Trinajstić information content (AvgIpc) is 3.15.